The van der Waals surface area contributed by atoms with E-state index in [1.54, 1.807) is 6.20 Å². The molecule has 3 amide bonds. The molecule has 1 atom stereocenters. The van der Waals surface area contributed by atoms with Gasteiger partial charge >= 0.3 is 6.09 Å². The minimum absolute atomic E-state index is 0.172. The van der Waals surface area contributed by atoms with Crippen LogP contribution in [0.4, 0.5) is 10.5 Å². The molecular weight excluding hydrogens is 390 g/mol. The van der Waals surface area contributed by atoms with Crippen molar-refractivity contribution in [3.63, 3.8) is 0 Å². The molecule has 158 valence electrons. The molecule has 1 aromatic heterocycles. The zero-order valence-electron chi connectivity index (χ0n) is 16.4. The first kappa shape index (κ1) is 19.9. The molecule has 2 saturated heterocycles. The lowest BCUT2D eigenvalue weighted by Gasteiger charge is -2.34. The van der Waals surface area contributed by atoms with E-state index in [1.165, 1.54) is 4.68 Å². The maximum Gasteiger partial charge on any atom is 0.404 e. The van der Waals surface area contributed by atoms with Crippen molar-refractivity contribution in [3.05, 3.63) is 34.7 Å². The third-order valence-electron chi connectivity index (χ3n) is 5.74. The third-order valence-corrected chi connectivity index (χ3v) is 5.74. The highest BCUT2D eigenvalue weighted by Gasteiger charge is 2.30. The quantitative estimate of drug-likeness (QED) is 0.704. The molecule has 4 rings (SSSR count). The summed E-state index contributed by atoms with van der Waals surface area (Å²) in [5.41, 5.74) is 5.48. The van der Waals surface area contributed by atoms with E-state index in [2.05, 4.69) is 15.3 Å². The first-order chi connectivity index (χ1) is 14.4. The maximum absolute atomic E-state index is 13.3. The summed E-state index contributed by atoms with van der Waals surface area (Å²) in [5.74, 6) is -0.618. The second-order valence-corrected chi connectivity index (χ2v) is 7.66. The molecule has 3 heterocycles. The van der Waals surface area contributed by atoms with Crippen molar-refractivity contribution in [2.24, 2.45) is 11.7 Å². The lowest BCUT2D eigenvalue weighted by Crippen LogP contribution is -2.45. The number of piperidine rings is 2. The van der Waals surface area contributed by atoms with E-state index >= 15 is 0 Å². The highest BCUT2D eigenvalue weighted by molar-refractivity contribution is 5.99. The number of carbonyl (C=O) groups is 3. The molecule has 10 nitrogen and oxygen atoms in total. The number of imide groups is 1. The van der Waals surface area contributed by atoms with Crippen molar-refractivity contribution in [3.8, 4) is 0 Å². The molecule has 2 fully saturated rings. The van der Waals surface area contributed by atoms with Gasteiger partial charge in [0.1, 0.15) is 6.04 Å². The molecule has 2 aliphatic heterocycles. The van der Waals surface area contributed by atoms with Gasteiger partial charge in [-0.2, -0.15) is 5.10 Å². The minimum atomic E-state index is -0.802. The normalized spacial score (nSPS) is 20.3. The number of primary amides is 1. The van der Waals surface area contributed by atoms with Gasteiger partial charge in [-0.15, -0.1) is 0 Å². The van der Waals surface area contributed by atoms with Crippen molar-refractivity contribution < 1.29 is 19.1 Å². The van der Waals surface area contributed by atoms with Gasteiger partial charge in [0, 0.05) is 24.9 Å². The summed E-state index contributed by atoms with van der Waals surface area (Å²) >= 11 is 0. The standard InChI is InChI=1S/C20H23N5O5/c21-20(29)30-11-12-6-8-24(9-7-12)14-3-1-2-13-10-22-25(19(28)17(13)14)15-4-5-16(26)23-18(15)27/h1-3,10,12,15H,4-9,11H2,(H2,21,29)(H,23,26,27). The van der Waals surface area contributed by atoms with Crippen LogP contribution in [0.1, 0.15) is 31.7 Å². The topological polar surface area (TPSA) is 137 Å². The molecule has 1 aromatic carbocycles. The highest BCUT2D eigenvalue weighted by Crippen LogP contribution is 2.29. The molecule has 3 N–H and O–H groups in total. The number of hydrogen-bond donors (Lipinski definition) is 2. The molecule has 0 saturated carbocycles. The molecule has 2 aliphatic rings. The van der Waals surface area contributed by atoms with E-state index in [4.69, 9.17) is 10.5 Å². The zero-order valence-corrected chi connectivity index (χ0v) is 16.4. The summed E-state index contributed by atoms with van der Waals surface area (Å²) in [4.78, 5) is 49.9. The lowest BCUT2D eigenvalue weighted by atomic mass is 9.97. The minimum Gasteiger partial charge on any atom is -0.449 e. The highest BCUT2D eigenvalue weighted by atomic mass is 16.5. The number of carbonyl (C=O) groups excluding carboxylic acids is 3. The van der Waals surface area contributed by atoms with Gasteiger partial charge in [-0.3, -0.25) is 19.7 Å². The second kappa shape index (κ2) is 8.13. The number of ether oxygens (including phenoxy) is 1. The maximum atomic E-state index is 13.3. The van der Waals surface area contributed by atoms with Gasteiger partial charge in [-0.05, 0) is 31.2 Å². The molecule has 0 aliphatic carbocycles. The Morgan fingerprint density at radius 1 is 1.20 bits per heavy atom. The Hall–Kier alpha value is -3.43. The molecule has 1 unspecified atom stereocenters. The lowest BCUT2D eigenvalue weighted by molar-refractivity contribution is -0.136. The summed E-state index contributed by atoms with van der Waals surface area (Å²) in [6.45, 7) is 1.70. The van der Waals surface area contributed by atoms with Crippen LogP contribution in [0.15, 0.2) is 29.2 Å². The fraction of sp³-hybridized carbons (Fsp3) is 0.450. The Bertz CT molecular complexity index is 1060. The van der Waals surface area contributed by atoms with Crippen LogP contribution in [0.5, 0.6) is 0 Å². The Kier molecular flexibility index (Phi) is 5.39. The third kappa shape index (κ3) is 3.85. The van der Waals surface area contributed by atoms with E-state index in [0.717, 1.165) is 18.5 Å². The number of fused-ring (bicyclic) bond motifs is 1. The van der Waals surface area contributed by atoms with Gasteiger partial charge < -0.3 is 15.4 Å². The number of amides is 3. The largest absolute Gasteiger partial charge is 0.449 e. The predicted octanol–water partition coefficient (Wildman–Crippen LogP) is 0.686. The summed E-state index contributed by atoms with van der Waals surface area (Å²) < 4.78 is 6.09. The smallest absolute Gasteiger partial charge is 0.404 e. The number of anilines is 1. The van der Waals surface area contributed by atoms with Crippen LogP contribution in [-0.2, 0) is 14.3 Å². The van der Waals surface area contributed by atoms with E-state index in [-0.39, 0.29) is 30.2 Å². The summed E-state index contributed by atoms with van der Waals surface area (Å²) in [6, 6.07) is 4.77. The van der Waals surface area contributed by atoms with Crippen molar-refractivity contribution in [1.82, 2.24) is 15.1 Å². The molecule has 10 heteroatoms. The summed E-state index contributed by atoms with van der Waals surface area (Å²) in [6.07, 6.45) is 2.83. The zero-order chi connectivity index (χ0) is 21.3. The van der Waals surface area contributed by atoms with Crippen LogP contribution < -0.4 is 21.5 Å². The summed E-state index contributed by atoms with van der Waals surface area (Å²) in [5, 5.41) is 7.67. The predicted molar refractivity (Wildman–Crippen MR) is 108 cm³/mol. The second-order valence-electron chi connectivity index (χ2n) is 7.66. The van der Waals surface area contributed by atoms with Crippen LogP contribution >= 0.6 is 0 Å². The van der Waals surface area contributed by atoms with Gasteiger partial charge in [0.25, 0.3) is 11.5 Å². The van der Waals surface area contributed by atoms with Crippen LogP contribution in [-0.4, -0.2) is 47.4 Å². The fourth-order valence-electron chi connectivity index (χ4n) is 4.13. The SMILES string of the molecule is NC(=O)OCC1CCN(c2cccc3cnn(C4CCC(=O)NC4=O)c(=O)c23)CC1. The van der Waals surface area contributed by atoms with E-state index in [0.29, 0.717) is 30.5 Å². The number of aromatic nitrogens is 2. The van der Waals surface area contributed by atoms with E-state index < -0.39 is 18.0 Å². The van der Waals surface area contributed by atoms with Gasteiger partial charge in [-0.25, -0.2) is 9.48 Å². The number of hydrogen-bond acceptors (Lipinski definition) is 7. The number of nitrogens with two attached hydrogens (primary N) is 1. The van der Waals surface area contributed by atoms with Crippen LogP contribution in [0.25, 0.3) is 10.8 Å². The van der Waals surface area contributed by atoms with Crippen molar-refractivity contribution in [2.75, 3.05) is 24.6 Å². The molecule has 30 heavy (non-hydrogen) atoms. The first-order valence-electron chi connectivity index (χ1n) is 9.95. The summed E-state index contributed by atoms with van der Waals surface area (Å²) in [7, 11) is 0. The number of nitrogens with zero attached hydrogens (tertiary/aromatic N) is 3. The van der Waals surface area contributed by atoms with Crippen LogP contribution in [0.2, 0.25) is 0 Å². The first-order valence-corrected chi connectivity index (χ1v) is 9.95. The van der Waals surface area contributed by atoms with Crippen molar-refractivity contribution in [2.45, 2.75) is 31.7 Å². The molecule has 0 radical (unpaired) electrons. The van der Waals surface area contributed by atoms with Crippen LogP contribution in [0, 0.1) is 5.92 Å². The van der Waals surface area contributed by atoms with E-state index in [1.807, 2.05) is 18.2 Å². The Balaban J connectivity index is 1.62. The van der Waals surface area contributed by atoms with Crippen molar-refractivity contribution >= 4 is 34.4 Å². The number of rotatable bonds is 4. The molecular formula is C20H23N5O5. The van der Waals surface area contributed by atoms with E-state index in [9.17, 15) is 19.2 Å². The fourth-order valence-corrected chi connectivity index (χ4v) is 4.13. The van der Waals surface area contributed by atoms with Gasteiger partial charge in [0.05, 0.1) is 23.9 Å². The van der Waals surface area contributed by atoms with Crippen LogP contribution in [0.3, 0.4) is 0 Å². The Morgan fingerprint density at radius 3 is 2.67 bits per heavy atom. The number of nitrogens with one attached hydrogen (secondary N) is 1. The van der Waals surface area contributed by atoms with Crippen molar-refractivity contribution in [1.29, 1.82) is 0 Å². The molecule has 0 bridgehead atoms. The number of benzene rings is 1. The van der Waals surface area contributed by atoms with Gasteiger partial charge in [0.2, 0.25) is 5.91 Å². The van der Waals surface area contributed by atoms with Gasteiger partial charge in [0.15, 0.2) is 0 Å². The Labute approximate surface area is 172 Å². The average Bonchev–Trinajstić information content (AvgIpc) is 2.73. The Morgan fingerprint density at radius 2 is 1.97 bits per heavy atom. The van der Waals surface area contributed by atoms with Gasteiger partial charge in [-0.1, -0.05) is 12.1 Å². The monoisotopic (exact) mass is 413 g/mol. The molecule has 2 aromatic rings. The average molecular weight is 413 g/mol. The molecule has 0 spiro atoms.